The molecule has 3 aromatic rings. The lowest BCUT2D eigenvalue weighted by Gasteiger charge is -2.24. The first-order valence-electron chi connectivity index (χ1n) is 11.5. The summed E-state index contributed by atoms with van der Waals surface area (Å²) in [4.78, 5) is 35.6. The first-order chi connectivity index (χ1) is 17.2. The number of ether oxygens (including phenoxy) is 2. The number of pyridine rings is 1. The van der Waals surface area contributed by atoms with Gasteiger partial charge in [0, 0.05) is 11.5 Å². The number of alkyl carbamates (subject to hydrolysis) is 1. The highest BCUT2D eigenvalue weighted by atomic mass is 35.5. The number of H-pyrrole nitrogens is 1. The van der Waals surface area contributed by atoms with Crippen molar-refractivity contribution in [1.82, 2.24) is 20.3 Å². The van der Waals surface area contributed by atoms with E-state index >= 15 is 0 Å². The van der Waals surface area contributed by atoms with Crippen LogP contribution in [0, 0.1) is 0 Å². The fourth-order valence-electron chi connectivity index (χ4n) is 3.59. The van der Waals surface area contributed by atoms with Gasteiger partial charge in [0.05, 0.1) is 35.3 Å². The lowest BCUT2D eigenvalue weighted by Crippen LogP contribution is -2.34. The molecule has 3 rings (SSSR count). The van der Waals surface area contributed by atoms with Crippen LogP contribution in [0.1, 0.15) is 70.0 Å². The Labute approximate surface area is 216 Å². The van der Waals surface area contributed by atoms with Gasteiger partial charge in [-0.25, -0.2) is 14.8 Å². The second-order valence-electron chi connectivity index (χ2n) is 9.60. The van der Waals surface area contributed by atoms with Gasteiger partial charge in [0.1, 0.15) is 22.3 Å². The minimum Gasteiger partial charge on any atom is -0.493 e. The van der Waals surface area contributed by atoms with Crippen molar-refractivity contribution in [3.8, 4) is 5.75 Å². The number of benzene rings is 1. The molecule has 0 bridgehead atoms. The molecule has 2 aromatic heterocycles. The van der Waals surface area contributed by atoms with Crippen LogP contribution in [0.5, 0.6) is 5.75 Å². The maximum absolute atomic E-state index is 13.8. The Morgan fingerprint density at radius 3 is 2.57 bits per heavy atom. The van der Waals surface area contributed by atoms with Gasteiger partial charge in [-0.2, -0.15) is 13.2 Å². The molecule has 2 N–H and O–H groups in total. The van der Waals surface area contributed by atoms with E-state index in [1.54, 1.807) is 34.6 Å². The normalized spacial score (nSPS) is 13.8. The number of aromatic amines is 1. The Bertz CT molecular complexity index is 1340. The van der Waals surface area contributed by atoms with Crippen LogP contribution in [0.4, 0.5) is 18.0 Å². The molecule has 0 saturated carbocycles. The minimum atomic E-state index is -4.68. The molecule has 37 heavy (non-hydrogen) atoms. The van der Waals surface area contributed by atoms with Crippen molar-refractivity contribution in [1.29, 1.82) is 0 Å². The number of halogens is 4. The molecular weight excluding hydrogens is 513 g/mol. The van der Waals surface area contributed by atoms with Crippen LogP contribution >= 0.6 is 11.6 Å². The van der Waals surface area contributed by atoms with E-state index < -0.39 is 35.0 Å². The molecule has 0 aliphatic rings. The molecule has 1 aromatic carbocycles. The fourth-order valence-corrected chi connectivity index (χ4v) is 3.74. The summed E-state index contributed by atoms with van der Waals surface area (Å²) in [6, 6.07) is 4.20. The van der Waals surface area contributed by atoms with Crippen molar-refractivity contribution in [3.63, 3.8) is 0 Å². The molecular formula is C25H28ClF3N4O4. The summed E-state index contributed by atoms with van der Waals surface area (Å²) >= 11 is 5.84. The average molecular weight is 541 g/mol. The van der Waals surface area contributed by atoms with Crippen molar-refractivity contribution in [3.05, 3.63) is 62.9 Å². The highest BCUT2D eigenvalue weighted by Gasteiger charge is 2.36. The molecule has 0 fully saturated rings. The number of nitrogens with zero attached hydrogens (tertiary/aromatic N) is 2. The summed E-state index contributed by atoms with van der Waals surface area (Å²) < 4.78 is 52.3. The van der Waals surface area contributed by atoms with E-state index in [0.29, 0.717) is 11.3 Å². The first kappa shape index (κ1) is 28.2. The minimum absolute atomic E-state index is 0.110. The summed E-state index contributed by atoms with van der Waals surface area (Å²) in [6.45, 7) is 8.24. The standard InChI is InChI=1S/C25H28ClF3N4O4/c1-13(21-32-18-12-30-19(26)11-16(18)22(34)33-21)9-10-36-20-15(7-6-8-17(20)25(27,28)29)14(2)31-23(35)37-24(3,4)5/h6-8,11-14H,9-10H2,1-5H3,(H,31,35)(H,32,33,34)/t13?,14-/m1/s1. The number of amides is 1. The van der Waals surface area contributed by atoms with Crippen LogP contribution in [0.25, 0.3) is 10.9 Å². The SMILES string of the molecule is CC(CCOc1c([C@@H](C)NC(=O)OC(C)(C)C)cccc1C(F)(F)F)c1nc2cnc(Cl)cc2c(=O)[nH]1. The van der Waals surface area contributed by atoms with Gasteiger partial charge in [0.15, 0.2) is 0 Å². The predicted molar refractivity (Wildman–Crippen MR) is 133 cm³/mol. The Morgan fingerprint density at radius 2 is 1.92 bits per heavy atom. The van der Waals surface area contributed by atoms with Crippen LogP contribution in [-0.2, 0) is 10.9 Å². The van der Waals surface area contributed by atoms with E-state index in [9.17, 15) is 22.8 Å². The van der Waals surface area contributed by atoms with Gasteiger partial charge >= 0.3 is 12.3 Å². The number of alkyl halides is 3. The third-order valence-corrected chi connectivity index (χ3v) is 5.60. The smallest absolute Gasteiger partial charge is 0.419 e. The van der Waals surface area contributed by atoms with Gasteiger partial charge in [-0.3, -0.25) is 4.79 Å². The monoisotopic (exact) mass is 540 g/mol. The van der Waals surface area contributed by atoms with Gasteiger partial charge in [-0.05, 0) is 46.2 Å². The maximum atomic E-state index is 13.8. The van der Waals surface area contributed by atoms with Crippen molar-refractivity contribution in [2.45, 2.75) is 64.8 Å². The largest absolute Gasteiger partial charge is 0.493 e. The third kappa shape index (κ3) is 7.34. The Morgan fingerprint density at radius 1 is 1.22 bits per heavy atom. The average Bonchev–Trinajstić information content (AvgIpc) is 2.77. The summed E-state index contributed by atoms with van der Waals surface area (Å²) in [5.74, 6) is -0.398. The van der Waals surface area contributed by atoms with E-state index in [1.165, 1.54) is 24.4 Å². The van der Waals surface area contributed by atoms with Crippen LogP contribution in [0.15, 0.2) is 35.3 Å². The number of hydrogen-bond donors (Lipinski definition) is 2. The molecule has 0 saturated heterocycles. The zero-order chi connectivity index (χ0) is 27.5. The highest BCUT2D eigenvalue weighted by Crippen LogP contribution is 2.40. The topological polar surface area (TPSA) is 106 Å². The molecule has 12 heteroatoms. The first-order valence-corrected chi connectivity index (χ1v) is 11.9. The van der Waals surface area contributed by atoms with E-state index in [4.69, 9.17) is 21.1 Å². The van der Waals surface area contributed by atoms with Crippen LogP contribution in [-0.4, -0.2) is 33.3 Å². The summed E-state index contributed by atoms with van der Waals surface area (Å²) in [5, 5.41) is 2.99. The number of fused-ring (bicyclic) bond motifs is 1. The quantitative estimate of drug-likeness (QED) is 0.348. The van der Waals surface area contributed by atoms with Crippen LogP contribution in [0.3, 0.4) is 0 Å². The van der Waals surface area contributed by atoms with Crippen LogP contribution < -0.4 is 15.6 Å². The Hall–Kier alpha value is -3.34. The van der Waals surface area contributed by atoms with Crippen LogP contribution in [0.2, 0.25) is 5.15 Å². The fraction of sp³-hybridized carbons (Fsp3) is 0.440. The number of carbonyl (C=O) groups excluding carboxylic acids is 1. The number of hydrogen-bond acceptors (Lipinski definition) is 6. The molecule has 0 radical (unpaired) electrons. The van der Waals surface area contributed by atoms with Gasteiger partial charge in [-0.1, -0.05) is 30.7 Å². The van der Waals surface area contributed by atoms with E-state index in [-0.39, 0.29) is 40.8 Å². The number of nitrogens with one attached hydrogen (secondary N) is 2. The second-order valence-corrected chi connectivity index (χ2v) is 9.99. The van der Waals surface area contributed by atoms with Gasteiger partial charge in [-0.15, -0.1) is 0 Å². The lowest BCUT2D eigenvalue weighted by molar-refractivity contribution is -0.139. The predicted octanol–water partition coefficient (Wildman–Crippen LogP) is 6.15. The van der Waals surface area contributed by atoms with E-state index in [0.717, 1.165) is 6.07 Å². The maximum Gasteiger partial charge on any atom is 0.419 e. The third-order valence-electron chi connectivity index (χ3n) is 5.39. The van der Waals surface area contributed by atoms with E-state index in [2.05, 4.69) is 20.3 Å². The molecule has 1 unspecified atom stereocenters. The molecule has 2 atom stereocenters. The molecule has 1 amide bonds. The van der Waals surface area contributed by atoms with Crippen molar-refractivity contribution >= 4 is 28.6 Å². The van der Waals surface area contributed by atoms with Crippen molar-refractivity contribution in [2.75, 3.05) is 6.61 Å². The summed E-state index contributed by atoms with van der Waals surface area (Å²) in [5.41, 5.74) is -1.64. The van der Waals surface area contributed by atoms with Crippen molar-refractivity contribution in [2.24, 2.45) is 0 Å². The number of aromatic nitrogens is 3. The zero-order valence-electron chi connectivity index (χ0n) is 21.0. The second kappa shape index (κ2) is 11.0. The molecule has 0 spiro atoms. The van der Waals surface area contributed by atoms with Gasteiger partial charge in [0.2, 0.25) is 0 Å². The zero-order valence-corrected chi connectivity index (χ0v) is 21.8. The van der Waals surface area contributed by atoms with Gasteiger partial charge < -0.3 is 19.8 Å². The molecule has 8 nitrogen and oxygen atoms in total. The molecule has 0 aliphatic carbocycles. The highest BCUT2D eigenvalue weighted by molar-refractivity contribution is 6.30. The lowest BCUT2D eigenvalue weighted by atomic mass is 10.0. The Kier molecular flexibility index (Phi) is 8.36. The molecule has 0 aliphatic heterocycles. The number of carbonyl (C=O) groups is 1. The van der Waals surface area contributed by atoms with Crippen molar-refractivity contribution < 1.29 is 27.4 Å². The van der Waals surface area contributed by atoms with E-state index in [1.807, 2.05) is 0 Å². The number of rotatable bonds is 7. The number of para-hydroxylation sites is 1. The molecule has 200 valence electrons. The summed E-state index contributed by atoms with van der Waals surface area (Å²) in [6.07, 6.45) is -3.82. The molecule has 2 heterocycles. The van der Waals surface area contributed by atoms with Gasteiger partial charge in [0.25, 0.3) is 5.56 Å². The Balaban J connectivity index is 1.80. The summed E-state index contributed by atoms with van der Waals surface area (Å²) in [7, 11) is 0.